The maximum absolute atomic E-state index is 12.6. The van der Waals surface area contributed by atoms with Gasteiger partial charge in [0.1, 0.15) is 0 Å². The fraction of sp³-hybridized carbons (Fsp3) is 0.474. The summed E-state index contributed by atoms with van der Waals surface area (Å²) in [5, 5.41) is 1.04. The molecule has 0 aliphatic carbocycles. The minimum absolute atomic E-state index is 0.224. The first kappa shape index (κ1) is 17.0. The predicted octanol–water partition coefficient (Wildman–Crippen LogP) is 3.27. The van der Waals surface area contributed by atoms with Crippen molar-refractivity contribution in [3.8, 4) is 0 Å². The number of amides is 1. The highest BCUT2D eigenvalue weighted by molar-refractivity contribution is 7.11. The molecule has 0 radical (unpaired) electrons. The van der Waals surface area contributed by atoms with E-state index in [1.165, 1.54) is 16.8 Å². The molecule has 2 heterocycles. The van der Waals surface area contributed by atoms with Crippen LogP contribution in [0.4, 0.5) is 5.69 Å². The Morgan fingerprint density at radius 3 is 2.46 bits per heavy atom. The molecular formula is C19H25N3OS. The molecule has 0 saturated carbocycles. The lowest BCUT2D eigenvalue weighted by atomic mass is 10.1. The quantitative estimate of drug-likeness (QED) is 0.858. The molecule has 0 N–H and O–H groups in total. The van der Waals surface area contributed by atoms with Crippen LogP contribution in [0.25, 0.3) is 0 Å². The zero-order valence-corrected chi connectivity index (χ0v) is 15.7. The van der Waals surface area contributed by atoms with Crippen LogP contribution in [0.15, 0.2) is 18.2 Å². The summed E-state index contributed by atoms with van der Waals surface area (Å²) in [6, 6.07) is 6.57. The number of carbonyl (C=O) groups is 1. The van der Waals surface area contributed by atoms with E-state index in [1.807, 2.05) is 18.7 Å². The standard InChI is InChI=1S/C19H25N3OS/c1-13-5-6-14(2)17(11-13)21-7-9-22(10-8-21)19(23)12-18-15(3)20-16(4)24-18/h5-6,11H,7-10,12H2,1-4H3. The Kier molecular flexibility index (Phi) is 4.90. The van der Waals surface area contributed by atoms with Gasteiger partial charge >= 0.3 is 0 Å². The molecule has 0 unspecified atom stereocenters. The number of anilines is 1. The fourth-order valence-electron chi connectivity index (χ4n) is 3.24. The normalized spacial score (nSPS) is 15.0. The molecule has 1 aliphatic rings. The van der Waals surface area contributed by atoms with Gasteiger partial charge in [0, 0.05) is 36.7 Å². The lowest BCUT2D eigenvalue weighted by Gasteiger charge is -2.37. The Balaban J connectivity index is 1.61. The number of hydrogen-bond acceptors (Lipinski definition) is 4. The second kappa shape index (κ2) is 6.93. The molecule has 1 aromatic carbocycles. The van der Waals surface area contributed by atoms with Crippen molar-refractivity contribution < 1.29 is 4.79 Å². The van der Waals surface area contributed by atoms with Crippen LogP contribution in [0.5, 0.6) is 0 Å². The van der Waals surface area contributed by atoms with Crippen molar-refractivity contribution in [2.75, 3.05) is 31.1 Å². The Morgan fingerprint density at radius 1 is 1.12 bits per heavy atom. The number of thiazole rings is 1. The van der Waals surface area contributed by atoms with Gasteiger partial charge in [-0.25, -0.2) is 4.98 Å². The van der Waals surface area contributed by atoms with Crippen LogP contribution in [0.2, 0.25) is 0 Å². The van der Waals surface area contributed by atoms with Crippen LogP contribution >= 0.6 is 11.3 Å². The maximum atomic E-state index is 12.6. The van der Waals surface area contributed by atoms with Crippen LogP contribution in [-0.2, 0) is 11.2 Å². The molecule has 1 fully saturated rings. The molecule has 1 aromatic heterocycles. The number of hydrogen-bond donors (Lipinski definition) is 0. The number of benzene rings is 1. The van der Waals surface area contributed by atoms with Crippen molar-refractivity contribution in [1.82, 2.24) is 9.88 Å². The van der Waals surface area contributed by atoms with Crippen LogP contribution in [0.1, 0.15) is 26.7 Å². The first-order valence-electron chi connectivity index (χ1n) is 8.47. The van der Waals surface area contributed by atoms with Gasteiger partial charge in [0.05, 0.1) is 17.1 Å². The van der Waals surface area contributed by atoms with Gasteiger partial charge in [0.15, 0.2) is 0 Å². The zero-order chi connectivity index (χ0) is 17.3. The molecular weight excluding hydrogens is 318 g/mol. The number of aromatic nitrogens is 1. The number of nitrogens with zero attached hydrogens (tertiary/aromatic N) is 3. The second-order valence-electron chi connectivity index (χ2n) is 6.58. The fourth-order valence-corrected chi connectivity index (χ4v) is 4.17. The molecule has 2 aromatic rings. The van der Waals surface area contributed by atoms with Gasteiger partial charge in [-0.15, -0.1) is 11.3 Å². The number of rotatable bonds is 3. The van der Waals surface area contributed by atoms with Crippen molar-refractivity contribution in [3.05, 3.63) is 44.9 Å². The van der Waals surface area contributed by atoms with E-state index in [1.54, 1.807) is 11.3 Å². The van der Waals surface area contributed by atoms with Gasteiger partial charge < -0.3 is 9.80 Å². The Labute approximate surface area is 148 Å². The Bertz CT molecular complexity index is 745. The molecule has 5 heteroatoms. The highest BCUT2D eigenvalue weighted by Crippen LogP contribution is 2.23. The van der Waals surface area contributed by atoms with Crippen molar-refractivity contribution in [1.29, 1.82) is 0 Å². The summed E-state index contributed by atoms with van der Waals surface area (Å²) in [6.45, 7) is 11.7. The summed E-state index contributed by atoms with van der Waals surface area (Å²) in [6.07, 6.45) is 0.487. The van der Waals surface area contributed by atoms with Gasteiger partial charge in [-0.3, -0.25) is 4.79 Å². The highest BCUT2D eigenvalue weighted by atomic mass is 32.1. The molecule has 0 spiro atoms. The topological polar surface area (TPSA) is 36.4 Å². The van der Waals surface area contributed by atoms with Crippen molar-refractivity contribution in [2.45, 2.75) is 34.1 Å². The zero-order valence-electron chi connectivity index (χ0n) is 14.9. The lowest BCUT2D eigenvalue weighted by molar-refractivity contribution is -0.130. The largest absolute Gasteiger partial charge is 0.368 e. The third kappa shape index (κ3) is 3.61. The summed E-state index contributed by atoms with van der Waals surface area (Å²) in [5.74, 6) is 0.224. The molecule has 1 saturated heterocycles. The van der Waals surface area contributed by atoms with Gasteiger partial charge in [0.2, 0.25) is 5.91 Å². The molecule has 4 nitrogen and oxygen atoms in total. The van der Waals surface area contributed by atoms with E-state index in [-0.39, 0.29) is 5.91 Å². The first-order valence-corrected chi connectivity index (χ1v) is 9.28. The maximum Gasteiger partial charge on any atom is 0.228 e. The molecule has 1 amide bonds. The summed E-state index contributed by atoms with van der Waals surface area (Å²) < 4.78 is 0. The Hall–Kier alpha value is -1.88. The lowest BCUT2D eigenvalue weighted by Crippen LogP contribution is -2.49. The molecule has 0 atom stereocenters. The summed E-state index contributed by atoms with van der Waals surface area (Å²) in [5.41, 5.74) is 4.89. The smallest absolute Gasteiger partial charge is 0.228 e. The van der Waals surface area contributed by atoms with Gasteiger partial charge in [-0.05, 0) is 44.9 Å². The van der Waals surface area contributed by atoms with Crippen molar-refractivity contribution in [3.63, 3.8) is 0 Å². The van der Waals surface area contributed by atoms with Crippen molar-refractivity contribution >= 4 is 22.9 Å². The van der Waals surface area contributed by atoms with Gasteiger partial charge in [-0.1, -0.05) is 12.1 Å². The van der Waals surface area contributed by atoms with Crippen LogP contribution < -0.4 is 4.90 Å². The predicted molar refractivity (Wildman–Crippen MR) is 100 cm³/mol. The van der Waals surface area contributed by atoms with E-state index in [0.717, 1.165) is 41.8 Å². The summed E-state index contributed by atoms with van der Waals surface area (Å²) >= 11 is 1.64. The minimum atomic E-state index is 0.224. The molecule has 128 valence electrons. The SMILES string of the molecule is Cc1ccc(C)c(N2CCN(C(=O)Cc3sc(C)nc3C)CC2)c1. The van der Waals surface area contributed by atoms with Gasteiger partial charge in [0.25, 0.3) is 0 Å². The van der Waals surface area contributed by atoms with Crippen LogP contribution in [0, 0.1) is 27.7 Å². The number of piperazine rings is 1. The third-order valence-corrected chi connectivity index (χ3v) is 5.72. The minimum Gasteiger partial charge on any atom is -0.368 e. The average Bonchev–Trinajstić information content (AvgIpc) is 2.87. The van der Waals surface area contributed by atoms with E-state index in [9.17, 15) is 4.79 Å². The van der Waals surface area contributed by atoms with Crippen LogP contribution in [-0.4, -0.2) is 42.0 Å². The monoisotopic (exact) mass is 343 g/mol. The summed E-state index contributed by atoms with van der Waals surface area (Å²) in [4.78, 5) is 22.5. The van der Waals surface area contributed by atoms with Crippen molar-refractivity contribution in [2.24, 2.45) is 0 Å². The van der Waals surface area contributed by atoms with Crippen LogP contribution in [0.3, 0.4) is 0 Å². The third-order valence-electron chi connectivity index (χ3n) is 4.65. The van der Waals surface area contributed by atoms with E-state index in [4.69, 9.17) is 0 Å². The van der Waals surface area contributed by atoms with E-state index in [0.29, 0.717) is 6.42 Å². The average molecular weight is 343 g/mol. The first-order chi connectivity index (χ1) is 11.4. The molecule has 0 bridgehead atoms. The van der Waals surface area contributed by atoms with E-state index >= 15 is 0 Å². The van der Waals surface area contributed by atoms with E-state index < -0.39 is 0 Å². The number of carbonyl (C=O) groups excluding carboxylic acids is 1. The van der Waals surface area contributed by atoms with E-state index in [2.05, 4.69) is 41.9 Å². The molecule has 24 heavy (non-hydrogen) atoms. The summed E-state index contributed by atoms with van der Waals surface area (Å²) in [7, 11) is 0. The number of aryl methyl sites for hydroxylation is 4. The molecule has 1 aliphatic heterocycles. The second-order valence-corrected chi connectivity index (χ2v) is 7.86. The molecule has 3 rings (SSSR count). The van der Waals surface area contributed by atoms with Gasteiger partial charge in [-0.2, -0.15) is 0 Å². The Morgan fingerprint density at radius 2 is 1.83 bits per heavy atom. The highest BCUT2D eigenvalue weighted by Gasteiger charge is 2.23.